The van der Waals surface area contributed by atoms with Crippen LogP contribution in [0.3, 0.4) is 0 Å². The molecule has 3 heteroatoms. The molecule has 0 aromatic heterocycles. The minimum absolute atomic E-state index is 0.170. The van der Waals surface area contributed by atoms with Gasteiger partial charge in [-0.3, -0.25) is 4.99 Å². The van der Waals surface area contributed by atoms with Crippen LogP contribution in [0.2, 0.25) is 0 Å². The van der Waals surface area contributed by atoms with Gasteiger partial charge in [0.2, 0.25) is 0 Å². The first-order chi connectivity index (χ1) is 14.0. The summed E-state index contributed by atoms with van der Waals surface area (Å²) in [5.74, 6) is 3.13. The molecule has 2 aliphatic rings. The number of hydrogen-bond acceptors (Lipinski definition) is 2. The van der Waals surface area contributed by atoms with Crippen LogP contribution in [0.4, 0.5) is 5.69 Å². The molecule has 0 heterocycles. The monoisotopic (exact) mass is 453 g/mol. The summed E-state index contributed by atoms with van der Waals surface area (Å²) in [5.41, 5.74) is 4.30. The lowest BCUT2D eigenvalue weighted by atomic mass is 9.54. The highest BCUT2D eigenvalue weighted by Crippen LogP contribution is 2.55. The minimum Gasteiger partial charge on any atom is -0.497 e. The van der Waals surface area contributed by atoms with E-state index in [0.717, 1.165) is 21.8 Å². The van der Waals surface area contributed by atoms with E-state index >= 15 is 0 Å². The first-order valence-electron chi connectivity index (χ1n) is 11.0. The predicted molar refractivity (Wildman–Crippen MR) is 126 cm³/mol. The summed E-state index contributed by atoms with van der Waals surface area (Å²) in [5, 5.41) is 0. The van der Waals surface area contributed by atoms with E-state index in [2.05, 4.69) is 78.5 Å². The molecule has 1 fully saturated rings. The van der Waals surface area contributed by atoms with Gasteiger partial charge in [-0.25, -0.2) is 0 Å². The van der Waals surface area contributed by atoms with E-state index < -0.39 is 0 Å². The van der Waals surface area contributed by atoms with Crippen LogP contribution in [-0.4, -0.2) is 13.3 Å². The molecule has 0 aliphatic heterocycles. The average molecular weight is 454 g/mol. The van der Waals surface area contributed by atoms with Crippen LogP contribution >= 0.6 is 15.9 Å². The molecule has 4 rings (SSSR count). The standard InChI is InChI=1S/C26H32BrNO/c1-4-6-25-24-11-9-18-15-21(29-3)10-12-22(18)23(24)13-14-26(25,2)17-28-20-8-5-7-19(27)16-20/h5,7-8,10,12,15-17,23-25H,4,6,9,11,13-14H2,1-3H3/t23-,24-,25+,26-/m1/s1. The average Bonchev–Trinajstić information content (AvgIpc) is 2.74. The van der Waals surface area contributed by atoms with E-state index in [0.29, 0.717) is 11.8 Å². The minimum atomic E-state index is 0.170. The Morgan fingerprint density at radius 1 is 1.21 bits per heavy atom. The third kappa shape index (κ3) is 4.17. The molecule has 0 spiro atoms. The second-order valence-electron chi connectivity index (χ2n) is 9.05. The Balaban J connectivity index is 1.62. The molecule has 0 N–H and O–H groups in total. The first kappa shape index (κ1) is 20.7. The molecule has 29 heavy (non-hydrogen) atoms. The van der Waals surface area contributed by atoms with Crippen molar-refractivity contribution in [3.8, 4) is 5.75 Å². The third-order valence-electron chi connectivity index (χ3n) is 7.29. The molecule has 1 saturated carbocycles. The summed E-state index contributed by atoms with van der Waals surface area (Å²) in [4.78, 5) is 4.93. The summed E-state index contributed by atoms with van der Waals surface area (Å²) in [6.07, 6.45) is 9.74. The highest BCUT2D eigenvalue weighted by molar-refractivity contribution is 9.10. The number of rotatable bonds is 5. The van der Waals surface area contributed by atoms with Gasteiger partial charge in [-0.1, -0.05) is 48.3 Å². The number of hydrogen-bond donors (Lipinski definition) is 0. The maximum Gasteiger partial charge on any atom is 0.119 e. The smallest absolute Gasteiger partial charge is 0.119 e. The van der Waals surface area contributed by atoms with Crippen molar-refractivity contribution in [3.63, 3.8) is 0 Å². The topological polar surface area (TPSA) is 21.6 Å². The molecule has 154 valence electrons. The number of methoxy groups -OCH3 is 1. The van der Waals surface area contributed by atoms with Gasteiger partial charge in [0, 0.05) is 16.1 Å². The molecule has 0 bridgehead atoms. The Morgan fingerprint density at radius 3 is 2.83 bits per heavy atom. The fourth-order valence-electron chi connectivity index (χ4n) is 5.83. The summed E-state index contributed by atoms with van der Waals surface area (Å²) in [6, 6.07) is 15.1. The molecule has 0 saturated heterocycles. The Kier molecular flexibility index (Phi) is 6.15. The summed E-state index contributed by atoms with van der Waals surface area (Å²) in [6.45, 7) is 4.78. The van der Waals surface area contributed by atoms with Crippen molar-refractivity contribution in [3.05, 3.63) is 58.1 Å². The molecular formula is C26H32BrNO. The van der Waals surface area contributed by atoms with Crippen LogP contribution in [0.5, 0.6) is 5.75 Å². The quantitative estimate of drug-likeness (QED) is 0.424. The van der Waals surface area contributed by atoms with Crippen molar-refractivity contribution in [2.75, 3.05) is 7.11 Å². The summed E-state index contributed by atoms with van der Waals surface area (Å²) in [7, 11) is 1.77. The van der Waals surface area contributed by atoms with Gasteiger partial charge in [0.15, 0.2) is 0 Å². The van der Waals surface area contributed by atoms with Crippen LogP contribution in [0.25, 0.3) is 0 Å². The molecular weight excluding hydrogens is 422 g/mol. The molecule has 0 radical (unpaired) electrons. The van der Waals surface area contributed by atoms with Gasteiger partial charge < -0.3 is 4.74 Å². The van der Waals surface area contributed by atoms with Gasteiger partial charge in [0.05, 0.1) is 12.8 Å². The molecule has 2 aromatic carbocycles. The van der Waals surface area contributed by atoms with E-state index in [1.54, 1.807) is 12.7 Å². The highest BCUT2D eigenvalue weighted by Gasteiger charge is 2.47. The molecule has 2 nitrogen and oxygen atoms in total. The van der Waals surface area contributed by atoms with E-state index in [4.69, 9.17) is 9.73 Å². The van der Waals surface area contributed by atoms with Crippen molar-refractivity contribution < 1.29 is 4.74 Å². The van der Waals surface area contributed by atoms with Gasteiger partial charge >= 0.3 is 0 Å². The van der Waals surface area contributed by atoms with E-state index in [-0.39, 0.29) is 5.41 Å². The highest BCUT2D eigenvalue weighted by atomic mass is 79.9. The van der Waals surface area contributed by atoms with Crippen LogP contribution < -0.4 is 4.74 Å². The van der Waals surface area contributed by atoms with Gasteiger partial charge in [-0.2, -0.15) is 0 Å². The number of benzene rings is 2. The van der Waals surface area contributed by atoms with Gasteiger partial charge in [-0.05, 0) is 91.3 Å². The Morgan fingerprint density at radius 2 is 2.07 bits per heavy atom. The number of aryl methyl sites for hydroxylation is 1. The lowest BCUT2D eigenvalue weighted by Crippen LogP contribution is -2.43. The number of ether oxygens (including phenoxy) is 1. The SMILES string of the molecule is CCC[C@H]1[C@@H]2CCc3cc(OC)ccc3[C@H]2CC[C@]1(C)C=Nc1cccc(Br)c1. The second-order valence-corrected chi connectivity index (χ2v) is 9.97. The zero-order chi connectivity index (χ0) is 20.4. The normalized spacial score (nSPS) is 28.8. The molecule has 0 amide bonds. The van der Waals surface area contributed by atoms with Crippen LogP contribution in [0.1, 0.15) is 63.0 Å². The zero-order valence-corrected chi connectivity index (χ0v) is 19.4. The maximum atomic E-state index is 5.47. The van der Waals surface area contributed by atoms with Crippen molar-refractivity contribution in [1.82, 2.24) is 0 Å². The third-order valence-corrected chi connectivity index (χ3v) is 7.78. The lowest BCUT2D eigenvalue weighted by Gasteiger charge is -2.50. The summed E-state index contributed by atoms with van der Waals surface area (Å²) < 4.78 is 6.56. The number of halogens is 1. The van der Waals surface area contributed by atoms with Crippen molar-refractivity contribution >= 4 is 27.8 Å². The Labute approximate surface area is 183 Å². The Hall–Kier alpha value is -1.61. The zero-order valence-electron chi connectivity index (χ0n) is 17.8. The fourth-order valence-corrected chi connectivity index (χ4v) is 6.21. The van der Waals surface area contributed by atoms with Crippen LogP contribution in [0, 0.1) is 17.3 Å². The molecule has 2 aliphatic carbocycles. The first-order valence-corrected chi connectivity index (χ1v) is 11.8. The van der Waals surface area contributed by atoms with Gasteiger partial charge in [0.25, 0.3) is 0 Å². The maximum absolute atomic E-state index is 5.47. The van der Waals surface area contributed by atoms with E-state index in [1.165, 1.54) is 44.1 Å². The Bertz CT molecular complexity index is 892. The van der Waals surface area contributed by atoms with Crippen molar-refractivity contribution in [1.29, 1.82) is 0 Å². The second kappa shape index (κ2) is 8.63. The number of nitrogens with zero attached hydrogens (tertiary/aromatic N) is 1. The predicted octanol–water partition coefficient (Wildman–Crippen LogP) is 7.72. The largest absolute Gasteiger partial charge is 0.497 e. The van der Waals surface area contributed by atoms with Crippen LogP contribution in [0.15, 0.2) is 51.9 Å². The van der Waals surface area contributed by atoms with E-state index in [9.17, 15) is 0 Å². The lowest BCUT2D eigenvalue weighted by molar-refractivity contribution is 0.0784. The number of fused-ring (bicyclic) bond motifs is 3. The van der Waals surface area contributed by atoms with Crippen molar-refractivity contribution in [2.45, 2.75) is 58.3 Å². The molecule has 2 aromatic rings. The number of aliphatic imine (C=N–C) groups is 1. The molecule has 0 unspecified atom stereocenters. The van der Waals surface area contributed by atoms with Gasteiger partial charge in [0.1, 0.15) is 5.75 Å². The summed E-state index contributed by atoms with van der Waals surface area (Å²) >= 11 is 3.57. The van der Waals surface area contributed by atoms with Crippen molar-refractivity contribution in [2.24, 2.45) is 22.2 Å². The van der Waals surface area contributed by atoms with E-state index in [1.807, 2.05) is 0 Å². The molecule has 4 atom stereocenters. The van der Waals surface area contributed by atoms with Crippen LogP contribution in [-0.2, 0) is 6.42 Å². The van der Waals surface area contributed by atoms with Gasteiger partial charge in [-0.15, -0.1) is 0 Å². The fraction of sp³-hybridized carbons (Fsp3) is 0.500.